The normalized spacial score (nSPS) is 11.1. The van der Waals surface area contributed by atoms with Gasteiger partial charge in [0, 0.05) is 30.5 Å². The first-order valence-corrected chi connectivity index (χ1v) is 8.64. The van der Waals surface area contributed by atoms with Gasteiger partial charge in [0.05, 0.1) is 5.52 Å². The molecule has 0 amide bonds. The number of rotatable bonds is 3. The number of aromatic nitrogens is 5. The zero-order valence-electron chi connectivity index (χ0n) is 14.7. The molecule has 0 fully saturated rings. The van der Waals surface area contributed by atoms with Gasteiger partial charge < -0.3 is 4.90 Å². The molecule has 2 aromatic carbocycles. The van der Waals surface area contributed by atoms with Crippen LogP contribution in [0.4, 0.5) is 11.5 Å². The quantitative estimate of drug-likeness (QED) is 0.489. The Morgan fingerprint density at radius 1 is 0.889 bits per heavy atom. The Kier molecular flexibility index (Phi) is 3.53. The lowest BCUT2D eigenvalue weighted by molar-refractivity contribution is 1.08. The van der Waals surface area contributed by atoms with Crippen molar-refractivity contribution in [1.29, 1.82) is 0 Å². The summed E-state index contributed by atoms with van der Waals surface area (Å²) in [6.45, 7) is 0. The second-order valence-corrected chi connectivity index (χ2v) is 6.30. The van der Waals surface area contributed by atoms with Gasteiger partial charge in [0.25, 0.3) is 5.78 Å². The van der Waals surface area contributed by atoms with Gasteiger partial charge in [-0.3, -0.25) is 9.38 Å². The maximum atomic E-state index is 4.75. The van der Waals surface area contributed by atoms with Crippen LogP contribution in [0.3, 0.4) is 0 Å². The predicted octanol–water partition coefficient (Wildman–Crippen LogP) is 4.11. The fraction of sp³-hybridized carbons (Fsp3) is 0.0476. The van der Waals surface area contributed by atoms with Crippen LogP contribution in [0.25, 0.3) is 27.8 Å². The van der Waals surface area contributed by atoms with Crippen LogP contribution in [0.5, 0.6) is 0 Å². The Morgan fingerprint density at radius 3 is 2.52 bits per heavy atom. The van der Waals surface area contributed by atoms with Crippen molar-refractivity contribution < 1.29 is 0 Å². The molecular formula is C21H16N6. The largest absolute Gasteiger partial charge is 0.329 e. The number of pyridine rings is 1. The minimum absolute atomic E-state index is 0.576. The van der Waals surface area contributed by atoms with Gasteiger partial charge in [0.1, 0.15) is 12.1 Å². The molecule has 0 aliphatic carbocycles. The summed E-state index contributed by atoms with van der Waals surface area (Å²) in [5, 5.41) is 9.26. The first-order chi connectivity index (χ1) is 13.3. The van der Waals surface area contributed by atoms with Crippen LogP contribution in [-0.2, 0) is 0 Å². The number of para-hydroxylation sites is 1. The Hall–Kier alpha value is -3.80. The first-order valence-electron chi connectivity index (χ1n) is 8.64. The molecule has 27 heavy (non-hydrogen) atoms. The highest BCUT2D eigenvalue weighted by molar-refractivity contribution is 5.95. The molecular weight excluding hydrogens is 336 g/mol. The number of hydrogen-bond donors (Lipinski definition) is 0. The summed E-state index contributed by atoms with van der Waals surface area (Å²) in [5.41, 5.74) is 4.30. The molecule has 0 saturated heterocycles. The molecule has 6 nitrogen and oxygen atoms in total. The van der Waals surface area contributed by atoms with Crippen molar-refractivity contribution in [2.24, 2.45) is 0 Å². The van der Waals surface area contributed by atoms with Crippen molar-refractivity contribution in [3.8, 4) is 11.1 Å². The number of nitrogens with zero attached hydrogens (tertiary/aromatic N) is 6. The van der Waals surface area contributed by atoms with E-state index < -0.39 is 0 Å². The van der Waals surface area contributed by atoms with Crippen molar-refractivity contribution in [2.75, 3.05) is 11.9 Å². The Bertz CT molecular complexity index is 1230. The lowest BCUT2D eigenvalue weighted by Crippen LogP contribution is -2.12. The van der Waals surface area contributed by atoms with Crippen LogP contribution >= 0.6 is 0 Å². The van der Waals surface area contributed by atoms with E-state index in [0.29, 0.717) is 5.78 Å². The summed E-state index contributed by atoms with van der Waals surface area (Å²) in [7, 11) is 2.01. The van der Waals surface area contributed by atoms with E-state index in [1.807, 2.05) is 41.8 Å². The molecule has 5 rings (SSSR count). The highest BCUT2D eigenvalue weighted by Crippen LogP contribution is 2.32. The fourth-order valence-electron chi connectivity index (χ4n) is 3.30. The first kappa shape index (κ1) is 15.5. The second-order valence-electron chi connectivity index (χ2n) is 6.30. The Labute approximate surface area is 155 Å². The van der Waals surface area contributed by atoms with E-state index in [1.165, 1.54) is 0 Å². The summed E-state index contributed by atoms with van der Waals surface area (Å²) in [6.07, 6.45) is 5.30. The molecule has 0 unspecified atom stereocenters. The number of hydrogen-bond acceptors (Lipinski definition) is 5. The van der Waals surface area contributed by atoms with Gasteiger partial charge in [0.2, 0.25) is 0 Å². The van der Waals surface area contributed by atoms with E-state index >= 15 is 0 Å². The molecule has 0 bridgehead atoms. The highest BCUT2D eigenvalue weighted by Gasteiger charge is 2.15. The van der Waals surface area contributed by atoms with Gasteiger partial charge in [0.15, 0.2) is 0 Å². The third-order valence-electron chi connectivity index (χ3n) is 4.71. The number of fused-ring (bicyclic) bond motifs is 3. The Balaban J connectivity index is 1.76. The molecule has 3 heterocycles. The fourth-order valence-corrected chi connectivity index (χ4v) is 3.30. The van der Waals surface area contributed by atoms with Crippen LogP contribution in [-0.4, -0.2) is 31.6 Å². The smallest absolute Gasteiger partial charge is 0.257 e. The van der Waals surface area contributed by atoms with Crippen LogP contribution in [0.1, 0.15) is 0 Å². The lowest BCUT2D eigenvalue weighted by Gasteiger charge is -2.20. The van der Waals surface area contributed by atoms with Crippen molar-refractivity contribution in [3.63, 3.8) is 0 Å². The molecule has 0 radical (unpaired) electrons. The van der Waals surface area contributed by atoms with Crippen LogP contribution < -0.4 is 4.90 Å². The third kappa shape index (κ3) is 2.58. The average molecular weight is 352 g/mol. The van der Waals surface area contributed by atoms with Gasteiger partial charge in [-0.1, -0.05) is 24.3 Å². The van der Waals surface area contributed by atoms with E-state index in [-0.39, 0.29) is 0 Å². The van der Waals surface area contributed by atoms with Gasteiger partial charge in [-0.25, -0.2) is 0 Å². The standard InChI is InChI=1S/C21H16N6/c1-26(17-5-3-2-4-6-17)20-18-8-7-16(15-9-11-22-12-10-15)13-19(18)27-14-23-25-21(27)24-20/h2-14H,1H3. The lowest BCUT2D eigenvalue weighted by atomic mass is 10.0. The van der Waals surface area contributed by atoms with Crippen LogP contribution in [0.15, 0.2) is 79.4 Å². The summed E-state index contributed by atoms with van der Waals surface area (Å²) >= 11 is 0. The molecule has 6 heteroatoms. The van der Waals surface area contributed by atoms with E-state index in [2.05, 4.69) is 50.4 Å². The number of anilines is 2. The molecule has 5 aromatic rings. The average Bonchev–Trinajstić information content (AvgIpc) is 3.22. The van der Waals surface area contributed by atoms with E-state index in [9.17, 15) is 0 Å². The summed E-state index contributed by atoms with van der Waals surface area (Å²) in [4.78, 5) is 10.9. The minimum Gasteiger partial charge on any atom is -0.329 e. The van der Waals surface area contributed by atoms with Gasteiger partial charge in [-0.2, -0.15) is 4.98 Å². The third-order valence-corrected chi connectivity index (χ3v) is 4.71. The maximum Gasteiger partial charge on any atom is 0.257 e. The maximum absolute atomic E-state index is 4.75. The molecule has 0 saturated carbocycles. The molecule has 0 N–H and O–H groups in total. The van der Waals surface area contributed by atoms with Crippen molar-refractivity contribution in [1.82, 2.24) is 24.6 Å². The van der Waals surface area contributed by atoms with Gasteiger partial charge in [-0.15, -0.1) is 10.2 Å². The monoisotopic (exact) mass is 352 g/mol. The molecule has 0 aliphatic rings. The minimum atomic E-state index is 0.576. The van der Waals surface area contributed by atoms with Crippen molar-refractivity contribution >= 4 is 28.2 Å². The molecule has 0 atom stereocenters. The Morgan fingerprint density at radius 2 is 1.70 bits per heavy atom. The van der Waals surface area contributed by atoms with Gasteiger partial charge >= 0.3 is 0 Å². The van der Waals surface area contributed by atoms with Crippen molar-refractivity contribution in [2.45, 2.75) is 0 Å². The second kappa shape index (κ2) is 6.17. The van der Waals surface area contributed by atoms with E-state index in [0.717, 1.165) is 33.5 Å². The van der Waals surface area contributed by atoms with E-state index in [4.69, 9.17) is 4.98 Å². The van der Waals surface area contributed by atoms with Crippen LogP contribution in [0.2, 0.25) is 0 Å². The number of benzene rings is 2. The zero-order chi connectivity index (χ0) is 18.2. The summed E-state index contributed by atoms with van der Waals surface area (Å²) in [5.74, 6) is 1.42. The summed E-state index contributed by atoms with van der Waals surface area (Å²) < 4.78 is 1.92. The molecule has 130 valence electrons. The van der Waals surface area contributed by atoms with Crippen LogP contribution in [0, 0.1) is 0 Å². The zero-order valence-corrected chi connectivity index (χ0v) is 14.7. The molecule has 0 aliphatic heterocycles. The molecule has 0 spiro atoms. The highest BCUT2D eigenvalue weighted by atomic mass is 15.3. The predicted molar refractivity (Wildman–Crippen MR) is 106 cm³/mol. The summed E-state index contributed by atoms with van der Waals surface area (Å²) in [6, 6.07) is 20.5. The molecule has 3 aromatic heterocycles. The van der Waals surface area contributed by atoms with E-state index in [1.54, 1.807) is 18.7 Å². The topological polar surface area (TPSA) is 59.2 Å². The SMILES string of the molecule is CN(c1ccccc1)c1nc2nncn2c2cc(-c3ccncc3)ccc12. The van der Waals surface area contributed by atoms with Crippen molar-refractivity contribution in [3.05, 3.63) is 79.4 Å². The van der Waals surface area contributed by atoms with Gasteiger partial charge in [-0.05, 0) is 47.5 Å².